The van der Waals surface area contributed by atoms with Gasteiger partial charge in [-0.15, -0.1) is 0 Å². The fourth-order valence-corrected chi connectivity index (χ4v) is 6.65. The predicted octanol–water partition coefficient (Wildman–Crippen LogP) is 1.86. The van der Waals surface area contributed by atoms with Gasteiger partial charge in [0.05, 0.1) is 12.5 Å². The van der Waals surface area contributed by atoms with Crippen LogP contribution in [0.1, 0.15) is 65.0 Å². The Labute approximate surface area is 335 Å². The van der Waals surface area contributed by atoms with E-state index in [0.717, 1.165) is 21.8 Å². The Morgan fingerprint density at radius 1 is 0.569 bits per heavy atom. The van der Waals surface area contributed by atoms with E-state index in [9.17, 15) is 43.8 Å². The number of hydrogen-bond donors (Lipinski definition) is 10. The first-order valence-electron chi connectivity index (χ1n) is 19.2. The Morgan fingerprint density at radius 3 is 1.48 bits per heavy atom. The molecule has 17 heteroatoms. The summed E-state index contributed by atoms with van der Waals surface area (Å²) >= 11 is 0. The highest BCUT2D eigenvalue weighted by Crippen LogP contribution is 2.21. The lowest BCUT2D eigenvalue weighted by molar-refractivity contribution is -0.143. The minimum atomic E-state index is -1.59. The SMILES string of the molecule is CC(C)CC(N)C(=O)NC(CC(=O)O)C(=O)NC(Cc1c[nH]c2ccccc12)C(=O)NC(C)C(=O)NC(Cc1c[nH]c2ccccc12)C(=O)NC(CC(C)C)C(=O)O. The number of carbonyl (C=O) groups excluding carboxylic acids is 5. The molecule has 0 fully saturated rings. The summed E-state index contributed by atoms with van der Waals surface area (Å²) in [6.45, 7) is 8.71. The van der Waals surface area contributed by atoms with Crippen molar-refractivity contribution in [3.8, 4) is 0 Å². The summed E-state index contributed by atoms with van der Waals surface area (Å²) in [5, 5.41) is 33.7. The normalized spacial score (nSPS) is 14.6. The number of carbonyl (C=O) groups is 7. The van der Waals surface area contributed by atoms with Crippen molar-refractivity contribution in [2.24, 2.45) is 17.6 Å². The number of aromatic amines is 2. The maximum absolute atomic E-state index is 14.0. The van der Waals surface area contributed by atoms with E-state index in [1.165, 1.54) is 6.92 Å². The Hall–Kier alpha value is -6.23. The number of aromatic nitrogens is 2. The van der Waals surface area contributed by atoms with Crippen molar-refractivity contribution in [3.05, 3.63) is 72.1 Å². The lowest BCUT2D eigenvalue weighted by Crippen LogP contribution is -2.59. The van der Waals surface area contributed by atoms with E-state index in [4.69, 9.17) is 5.73 Å². The van der Waals surface area contributed by atoms with Crippen LogP contribution in [0, 0.1) is 11.8 Å². The van der Waals surface area contributed by atoms with Crippen LogP contribution in [0.5, 0.6) is 0 Å². The number of carboxylic acids is 2. The van der Waals surface area contributed by atoms with Crippen molar-refractivity contribution >= 4 is 63.3 Å². The number of H-pyrrole nitrogens is 2. The van der Waals surface area contributed by atoms with Gasteiger partial charge in [0.25, 0.3) is 0 Å². The molecule has 0 radical (unpaired) electrons. The Kier molecular flexibility index (Phi) is 15.5. The highest BCUT2D eigenvalue weighted by Gasteiger charge is 2.33. The molecule has 312 valence electrons. The fourth-order valence-electron chi connectivity index (χ4n) is 6.65. The average Bonchev–Trinajstić information content (AvgIpc) is 3.76. The van der Waals surface area contributed by atoms with Crippen LogP contribution in [0.2, 0.25) is 0 Å². The van der Waals surface area contributed by atoms with Crippen molar-refractivity contribution in [2.75, 3.05) is 0 Å². The number of fused-ring (bicyclic) bond motifs is 2. The number of hydrogen-bond acceptors (Lipinski definition) is 8. The Balaban J connectivity index is 1.57. The van der Waals surface area contributed by atoms with Crippen LogP contribution in [-0.2, 0) is 46.4 Å². The van der Waals surface area contributed by atoms with Gasteiger partial charge in [-0.05, 0) is 54.9 Å². The second kappa shape index (κ2) is 20.3. The number of rotatable bonds is 21. The zero-order valence-corrected chi connectivity index (χ0v) is 33.3. The molecule has 58 heavy (non-hydrogen) atoms. The van der Waals surface area contributed by atoms with Crippen molar-refractivity contribution in [2.45, 2.75) is 103 Å². The second-order valence-corrected chi connectivity index (χ2v) is 15.4. The lowest BCUT2D eigenvalue weighted by atomic mass is 10.0. The molecule has 0 aliphatic carbocycles. The van der Waals surface area contributed by atoms with Gasteiger partial charge in [0, 0.05) is 47.0 Å². The first-order chi connectivity index (χ1) is 27.4. The Morgan fingerprint density at radius 2 is 1.00 bits per heavy atom. The van der Waals surface area contributed by atoms with Gasteiger partial charge >= 0.3 is 11.9 Å². The highest BCUT2D eigenvalue weighted by molar-refractivity contribution is 5.98. The zero-order chi connectivity index (χ0) is 42.7. The number of nitrogens with two attached hydrogens (primary N) is 1. The zero-order valence-electron chi connectivity index (χ0n) is 33.3. The predicted molar refractivity (Wildman–Crippen MR) is 216 cm³/mol. The Bertz CT molecular complexity index is 2110. The lowest BCUT2D eigenvalue weighted by Gasteiger charge is -2.26. The molecule has 17 nitrogen and oxygen atoms in total. The summed E-state index contributed by atoms with van der Waals surface area (Å²) in [5.74, 6) is -6.67. The van der Waals surface area contributed by atoms with E-state index >= 15 is 0 Å². The van der Waals surface area contributed by atoms with Gasteiger partial charge < -0.3 is 52.5 Å². The van der Waals surface area contributed by atoms with E-state index < -0.39 is 84.1 Å². The van der Waals surface area contributed by atoms with Crippen LogP contribution in [-0.4, -0.2) is 97.9 Å². The second-order valence-electron chi connectivity index (χ2n) is 15.4. The summed E-state index contributed by atoms with van der Waals surface area (Å²) in [7, 11) is 0. The number of para-hydroxylation sites is 2. The molecule has 11 N–H and O–H groups in total. The minimum absolute atomic E-state index is 0.0208. The van der Waals surface area contributed by atoms with Gasteiger partial charge in [0.1, 0.15) is 30.2 Å². The molecule has 0 bridgehead atoms. The topological polar surface area (TPSA) is 278 Å². The molecule has 4 aromatic rings. The van der Waals surface area contributed by atoms with Crippen molar-refractivity contribution in [1.82, 2.24) is 36.6 Å². The molecule has 5 amide bonds. The van der Waals surface area contributed by atoms with Crippen LogP contribution in [0.3, 0.4) is 0 Å². The highest BCUT2D eigenvalue weighted by atomic mass is 16.4. The van der Waals surface area contributed by atoms with Gasteiger partial charge in [-0.1, -0.05) is 64.1 Å². The third kappa shape index (κ3) is 12.4. The van der Waals surface area contributed by atoms with E-state index in [1.54, 1.807) is 18.5 Å². The van der Waals surface area contributed by atoms with Crippen molar-refractivity contribution in [1.29, 1.82) is 0 Å². The third-order valence-electron chi connectivity index (χ3n) is 9.61. The summed E-state index contributed by atoms with van der Waals surface area (Å²) in [6.07, 6.45) is 2.86. The molecule has 2 aromatic heterocycles. The van der Waals surface area contributed by atoms with E-state index in [1.807, 2.05) is 70.2 Å². The minimum Gasteiger partial charge on any atom is -0.481 e. The molecule has 0 saturated heterocycles. The molecular weight excluding hydrogens is 748 g/mol. The summed E-state index contributed by atoms with van der Waals surface area (Å²) in [4.78, 5) is 98.0. The van der Waals surface area contributed by atoms with Gasteiger partial charge in [0.15, 0.2) is 0 Å². The number of carboxylic acid groups (broad SMARTS) is 2. The monoisotopic (exact) mass is 802 g/mol. The summed E-state index contributed by atoms with van der Waals surface area (Å²) < 4.78 is 0. The van der Waals surface area contributed by atoms with Crippen molar-refractivity contribution < 1.29 is 43.8 Å². The standard InChI is InChI=1S/C41H54N8O9/c1-21(2)14-28(42)37(53)47-33(18-35(50)51)40(56)48-31(16-24-19-43-29-12-8-6-10-26(24)29)38(54)45-23(5)36(52)46-32(39(55)49-34(41(57)58)15-22(3)4)17-25-20-44-30-13-9-7-11-27(25)30/h6-13,19-23,28,31-34,43-44H,14-18,42H2,1-5H3,(H,45,54)(H,46,52)(H,47,53)(H,48,56)(H,49,55)(H,50,51)(H,57,58). The summed E-state index contributed by atoms with van der Waals surface area (Å²) in [5.41, 5.74) is 8.84. The van der Waals surface area contributed by atoms with Crippen LogP contribution in [0.15, 0.2) is 60.9 Å². The van der Waals surface area contributed by atoms with Gasteiger partial charge in [-0.3, -0.25) is 28.8 Å². The van der Waals surface area contributed by atoms with Crippen LogP contribution < -0.4 is 32.3 Å². The molecule has 6 unspecified atom stereocenters. The van der Waals surface area contributed by atoms with E-state index in [-0.39, 0.29) is 37.5 Å². The molecular formula is C41H54N8O9. The van der Waals surface area contributed by atoms with Crippen molar-refractivity contribution in [3.63, 3.8) is 0 Å². The molecule has 0 spiro atoms. The number of amides is 5. The number of aliphatic carboxylic acids is 2. The fraction of sp³-hybridized carbons (Fsp3) is 0.439. The quantitative estimate of drug-likeness (QED) is 0.0584. The molecule has 0 aliphatic heterocycles. The average molecular weight is 803 g/mol. The first-order valence-corrected chi connectivity index (χ1v) is 19.2. The largest absolute Gasteiger partial charge is 0.481 e. The number of benzene rings is 2. The first kappa shape index (κ1) is 44.5. The molecule has 2 aromatic carbocycles. The van der Waals surface area contributed by atoms with E-state index in [2.05, 4.69) is 36.6 Å². The molecule has 4 rings (SSSR count). The maximum atomic E-state index is 14.0. The number of nitrogens with one attached hydrogen (secondary N) is 7. The van der Waals surface area contributed by atoms with Crippen LogP contribution >= 0.6 is 0 Å². The maximum Gasteiger partial charge on any atom is 0.326 e. The molecule has 0 aliphatic rings. The molecule has 0 saturated carbocycles. The third-order valence-corrected chi connectivity index (χ3v) is 9.61. The molecule has 6 atom stereocenters. The van der Waals surface area contributed by atoms with Gasteiger partial charge in [-0.25, -0.2) is 4.79 Å². The molecule has 2 heterocycles. The van der Waals surface area contributed by atoms with Crippen LogP contribution in [0.4, 0.5) is 0 Å². The summed E-state index contributed by atoms with van der Waals surface area (Å²) in [6, 6.07) is 6.84. The van der Waals surface area contributed by atoms with Crippen LogP contribution in [0.25, 0.3) is 21.8 Å². The smallest absolute Gasteiger partial charge is 0.326 e. The van der Waals surface area contributed by atoms with Gasteiger partial charge in [-0.2, -0.15) is 0 Å². The van der Waals surface area contributed by atoms with E-state index in [0.29, 0.717) is 11.1 Å². The van der Waals surface area contributed by atoms with Gasteiger partial charge in [0.2, 0.25) is 29.5 Å².